The van der Waals surface area contributed by atoms with Crippen LogP contribution in [-0.4, -0.2) is 4.98 Å². The molecule has 0 aliphatic heterocycles. The monoisotopic (exact) mass is 249 g/mol. The molecule has 3 rings (SSSR count). The zero-order valence-electron chi connectivity index (χ0n) is 10.7. The molecule has 0 bridgehead atoms. The van der Waals surface area contributed by atoms with Crippen molar-refractivity contribution in [2.75, 3.05) is 11.1 Å². The molecule has 1 heterocycles. The Labute approximate surface area is 112 Å². The van der Waals surface area contributed by atoms with Crippen molar-refractivity contribution in [3.05, 3.63) is 60.2 Å². The molecule has 19 heavy (non-hydrogen) atoms. The van der Waals surface area contributed by atoms with E-state index in [4.69, 9.17) is 5.73 Å². The summed E-state index contributed by atoms with van der Waals surface area (Å²) >= 11 is 0. The minimum atomic E-state index is 0.718. The number of nitrogens with one attached hydrogen (secondary N) is 1. The maximum absolute atomic E-state index is 5.93. The first-order valence-corrected chi connectivity index (χ1v) is 6.22. The normalized spacial score (nSPS) is 10.6. The Bertz CT molecular complexity index is 735. The number of pyridine rings is 1. The van der Waals surface area contributed by atoms with Crippen LogP contribution in [0.4, 0.5) is 17.2 Å². The van der Waals surface area contributed by atoms with Gasteiger partial charge in [0.2, 0.25) is 0 Å². The van der Waals surface area contributed by atoms with Gasteiger partial charge in [-0.15, -0.1) is 0 Å². The van der Waals surface area contributed by atoms with E-state index in [0.29, 0.717) is 0 Å². The number of nitrogens with zero attached hydrogens (tertiary/aromatic N) is 1. The van der Waals surface area contributed by atoms with Gasteiger partial charge in [-0.25, -0.2) is 4.98 Å². The predicted octanol–water partition coefficient (Wildman–Crippen LogP) is 3.87. The first-order valence-electron chi connectivity index (χ1n) is 6.22. The molecule has 2 aromatic carbocycles. The highest BCUT2D eigenvalue weighted by atomic mass is 15.0. The van der Waals surface area contributed by atoms with Gasteiger partial charge in [-0.3, -0.25) is 0 Å². The first kappa shape index (κ1) is 11.5. The molecule has 0 fully saturated rings. The number of nitrogen functional groups attached to an aromatic ring is 1. The summed E-state index contributed by atoms with van der Waals surface area (Å²) in [4.78, 5) is 4.61. The lowest BCUT2D eigenvalue weighted by atomic mass is 10.1. The third-order valence-electron chi connectivity index (χ3n) is 3.15. The second-order valence-corrected chi connectivity index (χ2v) is 4.55. The molecule has 3 aromatic rings. The van der Waals surface area contributed by atoms with E-state index in [2.05, 4.69) is 23.3 Å². The summed E-state index contributed by atoms with van der Waals surface area (Å²) in [5, 5.41) is 4.44. The Balaban J connectivity index is 2.04. The van der Waals surface area contributed by atoms with Gasteiger partial charge in [0, 0.05) is 5.39 Å². The summed E-state index contributed by atoms with van der Waals surface area (Å²) in [5.74, 6) is 0.814. The van der Waals surface area contributed by atoms with Crippen molar-refractivity contribution in [1.29, 1.82) is 0 Å². The number of fused-ring (bicyclic) bond motifs is 1. The highest BCUT2D eigenvalue weighted by molar-refractivity contribution is 5.84. The molecule has 0 atom stereocenters. The molecule has 94 valence electrons. The number of hydrogen-bond acceptors (Lipinski definition) is 3. The van der Waals surface area contributed by atoms with E-state index < -0.39 is 0 Å². The van der Waals surface area contributed by atoms with Crippen molar-refractivity contribution in [3.8, 4) is 0 Å². The lowest BCUT2D eigenvalue weighted by Gasteiger charge is -2.10. The molecular formula is C16H15N3. The molecule has 3 heteroatoms. The van der Waals surface area contributed by atoms with Crippen LogP contribution in [0.5, 0.6) is 0 Å². The van der Waals surface area contributed by atoms with E-state index in [9.17, 15) is 0 Å². The van der Waals surface area contributed by atoms with Crippen molar-refractivity contribution < 1.29 is 0 Å². The average Bonchev–Trinajstić information content (AvgIpc) is 2.42. The average molecular weight is 249 g/mol. The summed E-state index contributed by atoms with van der Waals surface area (Å²) in [7, 11) is 0. The Morgan fingerprint density at radius 2 is 1.74 bits per heavy atom. The SMILES string of the molecule is Cc1cc(Nc2ccccc2N)nc2ccccc12. The van der Waals surface area contributed by atoms with Crippen LogP contribution in [0, 0.1) is 6.92 Å². The summed E-state index contributed by atoms with van der Waals surface area (Å²) in [5.41, 5.74) is 9.71. The van der Waals surface area contributed by atoms with E-state index in [0.717, 1.165) is 22.7 Å². The fraction of sp³-hybridized carbons (Fsp3) is 0.0625. The summed E-state index contributed by atoms with van der Waals surface area (Å²) in [6.07, 6.45) is 0. The number of hydrogen-bond donors (Lipinski definition) is 2. The van der Waals surface area contributed by atoms with Gasteiger partial charge in [0.15, 0.2) is 0 Å². The minimum absolute atomic E-state index is 0.718. The van der Waals surface area contributed by atoms with Crippen LogP contribution in [-0.2, 0) is 0 Å². The molecule has 0 unspecified atom stereocenters. The van der Waals surface area contributed by atoms with Crippen LogP contribution < -0.4 is 11.1 Å². The minimum Gasteiger partial charge on any atom is -0.397 e. The van der Waals surface area contributed by atoms with Crippen molar-refractivity contribution >= 4 is 28.1 Å². The fourth-order valence-electron chi connectivity index (χ4n) is 2.16. The number of anilines is 3. The second-order valence-electron chi connectivity index (χ2n) is 4.55. The second kappa shape index (κ2) is 4.61. The molecule has 0 spiro atoms. The molecule has 0 saturated carbocycles. The van der Waals surface area contributed by atoms with Gasteiger partial charge in [-0.05, 0) is 36.8 Å². The standard InChI is InChI=1S/C16H15N3/c1-11-10-16(18-14-8-4-2-6-12(11)14)19-15-9-5-3-7-13(15)17/h2-10H,17H2,1H3,(H,18,19). The van der Waals surface area contributed by atoms with E-state index >= 15 is 0 Å². The molecule has 0 aliphatic rings. The highest BCUT2D eigenvalue weighted by Gasteiger charge is 2.04. The molecule has 0 aliphatic carbocycles. The van der Waals surface area contributed by atoms with Crippen LogP contribution in [0.25, 0.3) is 10.9 Å². The summed E-state index contributed by atoms with van der Waals surface area (Å²) in [6, 6.07) is 17.8. The van der Waals surface area contributed by atoms with Crippen LogP contribution in [0.1, 0.15) is 5.56 Å². The van der Waals surface area contributed by atoms with Gasteiger partial charge in [-0.2, -0.15) is 0 Å². The largest absolute Gasteiger partial charge is 0.397 e. The Hall–Kier alpha value is -2.55. The molecule has 3 nitrogen and oxygen atoms in total. The Morgan fingerprint density at radius 3 is 2.58 bits per heavy atom. The quantitative estimate of drug-likeness (QED) is 0.678. The topological polar surface area (TPSA) is 50.9 Å². The van der Waals surface area contributed by atoms with Gasteiger partial charge in [0.05, 0.1) is 16.9 Å². The first-order chi connectivity index (χ1) is 9.24. The van der Waals surface area contributed by atoms with E-state index in [1.54, 1.807) is 0 Å². The van der Waals surface area contributed by atoms with E-state index in [-0.39, 0.29) is 0 Å². The van der Waals surface area contributed by atoms with E-state index in [1.807, 2.05) is 48.5 Å². The van der Waals surface area contributed by atoms with Gasteiger partial charge in [0.1, 0.15) is 5.82 Å². The summed E-state index contributed by atoms with van der Waals surface area (Å²) in [6.45, 7) is 2.09. The van der Waals surface area contributed by atoms with Gasteiger partial charge in [0.25, 0.3) is 0 Å². The fourth-order valence-corrected chi connectivity index (χ4v) is 2.16. The van der Waals surface area contributed by atoms with Crippen LogP contribution in [0.15, 0.2) is 54.6 Å². The van der Waals surface area contributed by atoms with Crippen molar-refractivity contribution in [2.45, 2.75) is 6.92 Å². The van der Waals surface area contributed by atoms with Crippen LogP contribution in [0.2, 0.25) is 0 Å². The third-order valence-corrected chi connectivity index (χ3v) is 3.15. The summed E-state index contributed by atoms with van der Waals surface area (Å²) < 4.78 is 0. The molecule has 0 radical (unpaired) electrons. The van der Waals surface area contributed by atoms with Crippen molar-refractivity contribution in [3.63, 3.8) is 0 Å². The third kappa shape index (κ3) is 2.22. The number of aryl methyl sites for hydroxylation is 1. The number of nitrogens with two attached hydrogens (primary N) is 1. The predicted molar refractivity (Wildman–Crippen MR) is 80.6 cm³/mol. The van der Waals surface area contributed by atoms with E-state index in [1.165, 1.54) is 10.9 Å². The van der Waals surface area contributed by atoms with Gasteiger partial charge in [-0.1, -0.05) is 30.3 Å². The number of rotatable bonds is 2. The number of aromatic nitrogens is 1. The van der Waals surface area contributed by atoms with Crippen LogP contribution >= 0.6 is 0 Å². The van der Waals surface area contributed by atoms with Gasteiger partial charge < -0.3 is 11.1 Å². The number of benzene rings is 2. The maximum atomic E-state index is 5.93. The smallest absolute Gasteiger partial charge is 0.131 e. The lowest BCUT2D eigenvalue weighted by Crippen LogP contribution is -1.98. The lowest BCUT2D eigenvalue weighted by molar-refractivity contribution is 1.34. The Morgan fingerprint density at radius 1 is 1.00 bits per heavy atom. The Kier molecular flexibility index (Phi) is 2.80. The highest BCUT2D eigenvalue weighted by Crippen LogP contribution is 2.25. The van der Waals surface area contributed by atoms with Crippen molar-refractivity contribution in [2.24, 2.45) is 0 Å². The molecule has 1 aromatic heterocycles. The molecule has 0 saturated heterocycles. The zero-order chi connectivity index (χ0) is 13.2. The molecule has 3 N–H and O–H groups in total. The number of para-hydroxylation sites is 3. The zero-order valence-corrected chi connectivity index (χ0v) is 10.7. The van der Waals surface area contributed by atoms with Crippen molar-refractivity contribution in [1.82, 2.24) is 4.98 Å². The van der Waals surface area contributed by atoms with Gasteiger partial charge >= 0.3 is 0 Å². The maximum Gasteiger partial charge on any atom is 0.131 e. The molecular weight excluding hydrogens is 234 g/mol. The molecule has 0 amide bonds. The van der Waals surface area contributed by atoms with Crippen LogP contribution in [0.3, 0.4) is 0 Å².